The van der Waals surface area contributed by atoms with Gasteiger partial charge in [-0.2, -0.15) is 0 Å². The molecule has 0 bridgehead atoms. The molecule has 2 aromatic rings. The first-order valence-electron chi connectivity index (χ1n) is 9.13. The van der Waals surface area contributed by atoms with Crippen molar-refractivity contribution in [1.29, 1.82) is 0 Å². The van der Waals surface area contributed by atoms with Gasteiger partial charge in [0.2, 0.25) is 5.91 Å². The van der Waals surface area contributed by atoms with Gasteiger partial charge in [-0.3, -0.25) is 9.59 Å². The lowest BCUT2D eigenvalue weighted by Gasteiger charge is -2.38. The molecule has 0 radical (unpaired) electrons. The van der Waals surface area contributed by atoms with Crippen molar-refractivity contribution in [3.05, 3.63) is 69.2 Å². The van der Waals surface area contributed by atoms with Crippen LogP contribution in [-0.2, 0) is 14.9 Å². The molecule has 148 valence electrons. The number of carbonyl (C=O) groups excluding carboxylic acids is 2. The van der Waals surface area contributed by atoms with E-state index in [1.165, 1.54) is 0 Å². The standard InChI is InChI=1S/C21H22BrClN2O3/c22-17-5-1-3-15(11-17)20(27)24-13-19(26)25-14-21(7-9-28-10-8-21)16-4-2-6-18(23)12-16/h1-6,11-12H,7-10,13-14H2,(H,24,27)(H,25,26). The second-order valence-electron chi connectivity index (χ2n) is 6.87. The summed E-state index contributed by atoms with van der Waals surface area (Å²) in [4.78, 5) is 24.5. The zero-order valence-corrected chi connectivity index (χ0v) is 17.7. The van der Waals surface area contributed by atoms with Gasteiger partial charge < -0.3 is 15.4 Å². The Hall–Kier alpha value is -1.89. The Kier molecular flexibility index (Phi) is 7.10. The third kappa shape index (κ3) is 5.34. The van der Waals surface area contributed by atoms with E-state index in [9.17, 15) is 9.59 Å². The highest BCUT2D eigenvalue weighted by atomic mass is 79.9. The van der Waals surface area contributed by atoms with Crippen molar-refractivity contribution in [1.82, 2.24) is 10.6 Å². The molecule has 2 amide bonds. The number of hydrogen-bond donors (Lipinski definition) is 2. The summed E-state index contributed by atoms with van der Waals surface area (Å²) in [6.45, 7) is 1.68. The largest absolute Gasteiger partial charge is 0.381 e. The second-order valence-corrected chi connectivity index (χ2v) is 8.22. The van der Waals surface area contributed by atoms with Crippen molar-refractivity contribution in [3.63, 3.8) is 0 Å². The quantitative estimate of drug-likeness (QED) is 0.684. The van der Waals surface area contributed by atoms with Crippen LogP contribution in [0.3, 0.4) is 0 Å². The first kappa shape index (κ1) is 20.8. The Bertz CT molecular complexity index is 853. The van der Waals surface area contributed by atoms with Crippen molar-refractivity contribution in [2.24, 2.45) is 0 Å². The molecule has 7 heteroatoms. The van der Waals surface area contributed by atoms with E-state index in [0.29, 0.717) is 30.3 Å². The maximum Gasteiger partial charge on any atom is 0.251 e. The van der Waals surface area contributed by atoms with Gasteiger partial charge in [-0.25, -0.2) is 0 Å². The molecule has 3 rings (SSSR count). The summed E-state index contributed by atoms with van der Waals surface area (Å²) in [5.74, 6) is -0.511. The van der Waals surface area contributed by atoms with E-state index in [2.05, 4.69) is 26.6 Å². The van der Waals surface area contributed by atoms with Gasteiger partial charge in [-0.15, -0.1) is 0 Å². The first-order chi connectivity index (χ1) is 13.5. The molecule has 0 aliphatic carbocycles. The lowest BCUT2D eigenvalue weighted by Crippen LogP contribution is -2.47. The van der Waals surface area contributed by atoms with Crippen LogP contribution in [0.15, 0.2) is 53.0 Å². The van der Waals surface area contributed by atoms with Crippen LogP contribution in [0.4, 0.5) is 0 Å². The van der Waals surface area contributed by atoms with Crippen molar-refractivity contribution < 1.29 is 14.3 Å². The second kappa shape index (κ2) is 9.54. The van der Waals surface area contributed by atoms with E-state index in [4.69, 9.17) is 16.3 Å². The zero-order valence-electron chi connectivity index (χ0n) is 15.3. The Balaban J connectivity index is 1.59. The number of hydrogen-bond acceptors (Lipinski definition) is 3. The van der Waals surface area contributed by atoms with E-state index in [0.717, 1.165) is 22.9 Å². The predicted molar refractivity (Wildman–Crippen MR) is 113 cm³/mol. The van der Waals surface area contributed by atoms with E-state index < -0.39 is 0 Å². The number of rotatable bonds is 6. The zero-order chi connectivity index (χ0) is 20.0. The minimum atomic E-state index is -0.285. The van der Waals surface area contributed by atoms with Crippen molar-refractivity contribution in [2.75, 3.05) is 26.3 Å². The van der Waals surface area contributed by atoms with Crippen LogP contribution in [0.1, 0.15) is 28.8 Å². The van der Waals surface area contributed by atoms with Crippen LogP contribution >= 0.6 is 27.5 Å². The fraction of sp³-hybridized carbons (Fsp3) is 0.333. The maximum absolute atomic E-state index is 12.3. The highest BCUT2D eigenvalue weighted by molar-refractivity contribution is 9.10. The molecule has 0 saturated carbocycles. The highest BCUT2D eigenvalue weighted by Crippen LogP contribution is 2.35. The summed E-state index contributed by atoms with van der Waals surface area (Å²) in [6.07, 6.45) is 1.61. The highest BCUT2D eigenvalue weighted by Gasteiger charge is 2.35. The lowest BCUT2D eigenvalue weighted by molar-refractivity contribution is -0.120. The number of carbonyl (C=O) groups is 2. The molecule has 0 atom stereocenters. The van der Waals surface area contributed by atoms with Crippen LogP contribution in [0.5, 0.6) is 0 Å². The van der Waals surface area contributed by atoms with Gasteiger partial charge in [0.1, 0.15) is 0 Å². The van der Waals surface area contributed by atoms with E-state index in [1.54, 1.807) is 18.2 Å². The summed E-state index contributed by atoms with van der Waals surface area (Å²) in [7, 11) is 0. The smallest absolute Gasteiger partial charge is 0.251 e. The third-order valence-electron chi connectivity index (χ3n) is 5.01. The average molecular weight is 466 g/mol. The third-order valence-corrected chi connectivity index (χ3v) is 5.74. The van der Waals surface area contributed by atoms with Gasteiger partial charge in [-0.05, 0) is 48.7 Å². The summed E-state index contributed by atoms with van der Waals surface area (Å²) < 4.78 is 6.33. The lowest BCUT2D eigenvalue weighted by atomic mass is 9.74. The van der Waals surface area contributed by atoms with Crippen LogP contribution in [-0.4, -0.2) is 38.1 Å². The van der Waals surface area contributed by atoms with Crippen LogP contribution in [0.2, 0.25) is 5.02 Å². The molecular formula is C21H22BrClN2O3. The molecule has 2 aromatic carbocycles. The van der Waals surface area contributed by atoms with Gasteiger partial charge in [0.05, 0.1) is 6.54 Å². The fourth-order valence-corrected chi connectivity index (χ4v) is 3.96. The van der Waals surface area contributed by atoms with Gasteiger partial charge in [0, 0.05) is 40.2 Å². The van der Waals surface area contributed by atoms with Gasteiger partial charge in [-0.1, -0.05) is 45.7 Å². The molecule has 1 saturated heterocycles. The number of ether oxygens (including phenoxy) is 1. The monoisotopic (exact) mass is 464 g/mol. The molecule has 1 heterocycles. The summed E-state index contributed by atoms with van der Waals surface area (Å²) in [5.41, 5.74) is 1.39. The summed E-state index contributed by atoms with van der Waals surface area (Å²) >= 11 is 9.51. The Labute approximate surface area is 177 Å². The molecule has 1 fully saturated rings. The van der Waals surface area contributed by atoms with Crippen LogP contribution in [0.25, 0.3) is 0 Å². The van der Waals surface area contributed by atoms with Gasteiger partial charge in [0.15, 0.2) is 0 Å². The fourth-order valence-electron chi connectivity index (χ4n) is 3.37. The maximum atomic E-state index is 12.3. The predicted octanol–water partition coefficient (Wildman–Crippen LogP) is 3.70. The average Bonchev–Trinajstić information content (AvgIpc) is 2.71. The summed E-state index contributed by atoms with van der Waals surface area (Å²) in [6, 6.07) is 14.8. The normalized spacial score (nSPS) is 15.6. The molecular weight excluding hydrogens is 444 g/mol. The van der Waals surface area contributed by atoms with E-state index >= 15 is 0 Å². The molecule has 0 spiro atoms. The Morgan fingerprint density at radius 3 is 2.54 bits per heavy atom. The molecule has 2 N–H and O–H groups in total. The minimum Gasteiger partial charge on any atom is -0.381 e. The van der Waals surface area contributed by atoms with E-state index in [1.807, 2.05) is 30.3 Å². The van der Waals surface area contributed by atoms with Gasteiger partial charge in [0.25, 0.3) is 5.91 Å². The first-order valence-corrected chi connectivity index (χ1v) is 10.3. The number of halogens is 2. The molecule has 28 heavy (non-hydrogen) atoms. The number of nitrogens with one attached hydrogen (secondary N) is 2. The van der Waals surface area contributed by atoms with Crippen molar-refractivity contribution in [3.8, 4) is 0 Å². The van der Waals surface area contributed by atoms with Crippen molar-refractivity contribution >= 4 is 39.3 Å². The molecule has 0 aromatic heterocycles. The van der Waals surface area contributed by atoms with Crippen LogP contribution < -0.4 is 10.6 Å². The number of benzene rings is 2. The SMILES string of the molecule is O=C(CNC(=O)c1cccc(Br)c1)NCC1(c2cccc(Cl)c2)CCOCC1. The Morgan fingerprint density at radius 1 is 1.07 bits per heavy atom. The number of amides is 2. The topological polar surface area (TPSA) is 67.4 Å². The molecule has 5 nitrogen and oxygen atoms in total. The molecule has 1 aliphatic rings. The summed E-state index contributed by atoms with van der Waals surface area (Å²) in [5, 5.41) is 6.30. The van der Waals surface area contributed by atoms with Gasteiger partial charge >= 0.3 is 0 Å². The Morgan fingerprint density at radius 2 is 1.82 bits per heavy atom. The van der Waals surface area contributed by atoms with E-state index in [-0.39, 0.29) is 23.8 Å². The van der Waals surface area contributed by atoms with Crippen LogP contribution in [0, 0.1) is 0 Å². The molecule has 1 aliphatic heterocycles. The minimum absolute atomic E-state index is 0.0759. The molecule has 0 unspecified atom stereocenters. The van der Waals surface area contributed by atoms with Crippen molar-refractivity contribution in [2.45, 2.75) is 18.3 Å².